The number of nitrogens with zero attached hydrogens (tertiary/aromatic N) is 1. The molecule has 1 aromatic rings. The summed E-state index contributed by atoms with van der Waals surface area (Å²) in [7, 11) is 0. The van der Waals surface area contributed by atoms with Gasteiger partial charge in [0.15, 0.2) is 0 Å². The highest BCUT2D eigenvalue weighted by atomic mass is 15.1. The van der Waals surface area contributed by atoms with Crippen LogP contribution in [0.4, 0.5) is 0 Å². The molecule has 1 atom stereocenters. The molecule has 1 saturated heterocycles. The van der Waals surface area contributed by atoms with Crippen LogP contribution in [0.15, 0.2) is 30.3 Å². The first-order valence-corrected chi connectivity index (χ1v) is 6.76. The SMILES string of the molecule is C#CCN1CCC(NC(C)c2ccccc2)CC1. The zero-order valence-corrected chi connectivity index (χ0v) is 11.1. The molecule has 0 amide bonds. The Labute approximate surface area is 110 Å². The number of rotatable bonds is 4. The van der Waals surface area contributed by atoms with Gasteiger partial charge in [-0.15, -0.1) is 6.42 Å². The van der Waals surface area contributed by atoms with Crippen LogP contribution in [0.25, 0.3) is 0 Å². The minimum absolute atomic E-state index is 0.426. The Bertz CT molecular complexity index is 385. The fraction of sp³-hybridized carbons (Fsp3) is 0.500. The van der Waals surface area contributed by atoms with Gasteiger partial charge < -0.3 is 5.32 Å². The number of benzene rings is 1. The van der Waals surface area contributed by atoms with Crippen LogP contribution in [-0.2, 0) is 0 Å². The zero-order chi connectivity index (χ0) is 12.8. The molecule has 18 heavy (non-hydrogen) atoms. The number of terminal acetylenes is 1. The minimum Gasteiger partial charge on any atom is -0.307 e. The lowest BCUT2D eigenvalue weighted by Crippen LogP contribution is -2.43. The summed E-state index contributed by atoms with van der Waals surface area (Å²) in [6.07, 6.45) is 7.73. The number of piperidine rings is 1. The topological polar surface area (TPSA) is 15.3 Å². The number of hydrogen-bond acceptors (Lipinski definition) is 2. The van der Waals surface area contributed by atoms with E-state index in [2.05, 4.69) is 53.4 Å². The third-order valence-corrected chi connectivity index (χ3v) is 3.69. The summed E-state index contributed by atoms with van der Waals surface area (Å²) >= 11 is 0. The van der Waals surface area contributed by atoms with Crippen LogP contribution in [0.2, 0.25) is 0 Å². The van der Waals surface area contributed by atoms with Crippen molar-refractivity contribution in [2.75, 3.05) is 19.6 Å². The maximum Gasteiger partial charge on any atom is 0.0598 e. The Kier molecular flexibility index (Phi) is 4.81. The predicted octanol–water partition coefficient (Wildman–Crippen LogP) is 2.43. The van der Waals surface area contributed by atoms with Crippen LogP contribution in [0.3, 0.4) is 0 Å². The molecule has 1 N–H and O–H groups in total. The van der Waals surface area contributed by atoms with Gasteiger partial charge in [0.2, 0.25) is 0 Å². The molecule has 1 fully saturated rings. The maximum absolute atomic E-state index is 5.34. The largest absolute Gasteiger partial charge is 0.307 e. The van der Waals surface area contributed by atoms with E-state index in [4.69, 9.17) is 6.42 Å². The first-order valence-electron chi connectivity index (χ1n) is 6.76. The van der Waals surface area contributed by atoms with Crippen molar-refractivity contribution in [1.82, 2.24) is 10.2 Å². The van der Waals surface area contributed by atoms with Crippen LogP contribution in [0.5, 0.6) is 0 Å². The van der Waals surface area contributed by atoms with Gasteiger partial charge in [-0.2, -0.15) is 0 Å². The molecule has 0 spiro atoms. The van der Waals surface area contributed by atoms with E-state index in [1.807, 2.05) is 0 Å². The van der Waals surface area contributed by atoms with Gasteiger partial charge in [-0.05, 0) is 25.3 Å². The molecule has 0 bridgehead atoms. The average Bonchev–Trinajstić information content (AvgIpc) is 2.42. The van der Waals surface area contributed by atoms with E-state index in [-0.39, 0.29) is 0 Å². The van der Waals surface area contributed by atoms with Crippen LogP contribution in [0.1, 0.15) is 31.4 Å². The third kappa shape index (κ3) is 3.60. The molecular formula is C16H22N2. The van der Waals surface area contributed by atoms with E-state index in [9.17, 15) is 0 Å². The molecule has 0 aliphatic carbocycles. The molecule has 2 heteroatoms. The molecule has 1 aliphatic heterocycles. The Morgan fingerprint density at radius 3 is 2.61 bits per heavy atom. The Balaban J connectivity index is 1.80. The second-order valence-corrected chi connectivity index (χ2v) is 5.05. The standard InChI is InChI=1S/C16H22N2/c1-3-11-18-12-9-16(10-13-18)17-14(2)15-7-5-4-6-8-15/h1,4-8,14,16-17H,9-13H2,2H3. The van der Waals surface area contributed by atoms with E-state index in [0.717, 1.165) is 19.6 Å². The smallest absolute Gasteiger partial charge is 0.0598 e. The molecule has 1 aliphatic rings. The summed E-state index contributed by atoms with van der Waals surface area (Å²) in [6, 6.07) is 11.7. The van der Waals surface area contributed by atoms with E-state index < -0.39 is 0 Å². The van der Waals surface area contributed by atoms with Gasteiger partial charge in [0.05, 0.1) is 6.54 Å². The lowest BCUT2D eigenvalue weighted by molar-refractivity contribution is 0.211. The molecule has 1 unspecified atom stereocenters. The van der Waals surface area contributed by atoms with E-state index in [1.165, 1.54) is 18.4 Å². The first-order chi connectivity index (χ1) is 8.79. The van der Waals surface area contributed by atoms with Crippen molar-refractivity contribution in [2.24, 2.45) is 0 Å². The summed E-state index contributed by atoms with van der Waals surface area (Å²) in [5.41, 5.74) is 1.36. The quantitative estimate of drug-likeness (QED) is 0.816. The maximum atomic E-state index is 5.34. The number of hydrogen-bond donors (Lipinski definition) is 1. The van der Waals surface area contributed by atoms with Crippen molar-refractivity contribution >= 4 is 0 Å². The average molecular weight is 242 g/mol. The Morgan fingerprint density at radius 2 is 2.00 bits per heavy atom. The summed E-state index contributed by atoms with van der Waals surface area (Å²) in [5.74, 6) is 2.72. The van der Waals surface area contributed by atoms with E-state index in [0.29, 0.717) is 12.1 Å². The zero-order valence-electron chi connectivity index (χ0n) is 11.1. The molecule has 0 saturated carbocycles. The molecule has 0 aromatic heterocycles. The van der Waals surface area contributed by atoms with Crippen molar-refractivity contribution in [3.63, 3.8) is 0 Å². The highest BCUT2D eigenvalue weighted by Gasteiger charge is 2.19. The first kappa shape index (κ1) is 13.1. The van der Waals surface area contributed by atoms with Crippen molar-refractivity contribution in [1.29, 1.82) is 0 Å². The predicted molar refractivity (Wildman–Crippen MR) is 76.3 cm³/mol. The molecule has 2 rings (SSSR count). The van der Waals surface area contributed by atoms with Crippen LogP contribution in [-0.4, -0.2) is 30.6 Å². The highest BCUT2D eigenvalue weighted by molar-refractivity contribution is 5.18. The summed E-state index contributed by atoms with van der Waals surface area (Å²) in [4.78, 5) is 2.35. The van der Waals surface area contributed by atoms with Gasteiger partial charge in [-0.1, -0.05) is 36.3 Å². The normalized spacial score (nSPS) is 19.3. The van der Waals surface area contributed by atoms with Gasteiger partial charge in [0.25, 0.3) is 0 Å². The highest BCUT2D eigenvalue weighted by Crippen LogP contribution is 2.16. The monoisotopic (exact) mass is 242 g/mol. The van der Waals surface area contributed by atoms with Crippen LogP contribution >= 0.6 is 0 Å². The van der Waals surface area contributed by atoms with Gasteiger partial charge in [0, 0.05) is 25.2 Å². The molecule has 96 valence electrons. The molecule has 1 aromatic carbocycles. The van der Waals surface area contributed by atoms with E-state index in [1.54, 1.807) is 0 Å². The summed E-state index contributed by atoms with van der Waals surface area (Å²) < 4.78 is 0. The van der Waals surface area contributed by atoms with Gasteiger partial charge in [-0.25, -0.2) is 0 Å². The van der Waals surface area contributed by atoms with Crippen molar-refractivity contribution in [3.8, 4) is 12.3 Å². The second-order valence-electron chi connectivity index (χ2n) is 5.05. The van der Waals surface area contributed by atoms with Crippen molar-refractivity contribution in [3.05, 3.63) is 35.9 Å². The third-order valence-electron chi connectivity index (χ3n) is 3.69. The van der Waals surface area contributed by atoms with Crippen molar-refractivity contribution < 1.29 is 0 Å². The number of nitrogens with one attached hydrogen (secondary N) is 1. The molecule has 0 radical (unpaired) electrons. The van der Waals surface area contributed by atoms with Gasteiger partial charge in [0.1, 0.15) is 0 Å². The Hall–Kier alpha value is -1.30. The molecule has 2 nitrogen and oxygen atoms in total. The fourth-order valence-corrected chi connectivity index (χ4v) is 2.58. The summed E-state index contributed by atoms with van der Waals surface area (Å²) in [6.45, 7) is 5.26. The summed E-state index contributed by atoms with van der Waals surface area (Å²) in [5, 5.41) is 3.72. The minimum atomic E-state index is 0.426. The fourth-order valence-electron chi connectivity index (χ4n) is 2.58. The van der Waals surface area contributed by atoms with E-state index >= 15 is 0 Å². The van der Waals surface area contributed by atoms with Crippen LogP contribution < -0.4 is 5.32 Å². The number of likely N-dealkylation sites (tertiary alicyclic amines) is 1. The lowest BCUT2D eigenvalue weighted by atomic mass is 10.0. The van der Waals surface area contributed by atoms with Crippen LogP contribution in [0, 0.1) is 12.3 Å². The molecular weight excluding hydrogens is 220 g/mol. The second kappa shape index (κ2) is 6.58. The molecule has 1 heterocycles. The van der Waals surface area contributed by atoms with Gasteiger partial charge >= 0.3 is 0 Å². The van der Waals surface area contributed by atoms with Gasteiger partial charge in [-0.3, -0.25) is 4.90 Å². The Morgan fingerprint density at radius 1 is 1.33 bits per heavy atom. The lowest BCUT2D eigenvalue weighted by Gasteiger charge is -2.33. The van der Waals surface area contributed by atoms with Crippen molar-refractivity contribution in [2.45, 2.75) is 31.8 Å².